The van der Waals surface area contributed by atoms with Crippen molar-refractivity contribution in [3.05, 3.63) is 33.0 Å². The molecule has 1 aliphatic rings. The molecule has 1 amide bonds. The van der Waals surface area contributed by atoms with Crippen molar-refractivity contribution in [2.45, 2.75) is 46.0 Å². The number of carbonyl (C=O) groups excluding carboxylic acids is 2. The molecule has 0 saturated carbocycles. The molecule has 0 fully saturated rings. The van der Waals surface area contributed by atoms with Crippen LogP contribution in [0.15, 0.2) is 4.52 Å². The van der Waals surface area contributed by atoms with E-state index >= 15 is 0 Å². The summed E-state index contributed by atoms with van der Waals surface area (Å²) in [5.74, 6) is -0.168. The van der Waals surface area contributed by atoms with Crippen LogP contribution in [0.1, 0.15) is 61.9 Å². The predicted molar refractivity (Wildman–Crippen MR) is 90.8 cm³/mol. The standard InChI is InChI=1S/C17H20N2O4S/c1-9-10(2)23-19-14(9)15(20)18-16-13(17(21)22-3)11-7-5-4-6-8-12(11)24-16/h4-8H2,1-3H3,(H,18,20). The Balaban J connectivity index is 1.96. The lowest BCUT2D eigenvalue weighted by molar-refractivity contribution is 0.0601. The van der Waals surface area contributed by atoms with E-state index < -0.39 is 5.97 Å². The largest absolute Gasteiger partial charge is 0.465 e. The number of nitrogens with one attached hydrogen (secondary N) is 1. The highest BCUT2D eigenvalue weighted by Gasteiger charge is 2.27. The number of aryl methyl sites for hydroxylation is 2. The molecule has 128 valence electrons. The summed E-state index contributed by atoms with van der Waals surface area (Å²) in [6.45, 7) is 3.54. The van der Waals surface area contributed by atoms with Gasteiger partial charge in [0, 0.05) is 10.4 Å². The third kappa shape index (κ3) is 2.96. The average Bonchev–Trinajstić information content (AvgIpc) is 2.97. The lowest BCUT2D eigenvalue weighted by atomic mass is 10.1. The predicted octanol–water partition coefficient (Wildman–Crippen LogP) is 3.66. The van der Waals surface area contributed by atoms with E-state index in [0.29, 0.717) is 21.9 Å². The summed E-state index contributed by atoms with van der Waals surface area (Å²) < 4.78 is 9.99. The van der Waals surface area contributed by atoms with Crippen LogP contribution < -0.4 is 5.32 Å². The molecule has 0 atom stereocenters. The van der Waals surface area contributed by atoms with Crippen molar-refractivity contribution in [2.75, 3.05) is 12.4 Å². The van der Waals surface area contributed by atoms with E-state index in [1.807, 2.05) is 0 Å². The Kier molecular flexibility index (Phi) is 4.71. The summed E-state index contributed by atoms with van der Waals surface area (Å²) in [6, 6.07) is 0. The molecule has 0 unspecified atom stereocenters. The molecule has 2 aromatic heterocycles. The molecule has 6 nitrogen and oxygen atoms in total. The number of fused-ring (bicyclic) bond motifs is 1. The van der Waals surface area contributed by atoms with Crippen molar-refractivity contribution in [1.82, 2.24) is 5.16 Å². The molecule has 0 spiro atoms. The van der Waals surface area contributed by atoms with Crippen LogP contribution in [0.4, 0.5) is 5.00 Å². The van der Waals surface area contributed by atoms with Gasteiger partial charge in [-0.3, -0.25) is 4.79 Å². The zero-order valence-corrected chi connectivity index (χ0v) is 14.8. The molecule has 0 bridgehead atoms. The molecule has 2 aromatic rings. The topological polar surface area (TPSA) is 81.4 Å². The summed E-state index contributed by atoms with van der Waals surface area (Å²) in [5.41, 5.74) is 2.45. The van der Waals surface area contributed by atoms with Gasteiger partial charge in [0.05, 0.1) is 12.7 Å². The minimum absolute atomic E-state index is 0.243. The first kappa shape index (κ1) is 16.7. The van der Waals surface area contributed by atoms with Gasteiger partial charge in [-0.05, 0) is 45.1 Å². The van der Waals surface area contributed by atoms with E-state index in [1.54, 1.807) is 13.8 Å². The highest BCUT2D eigenvalue weighted by Crippen LogP contribution is 2.38. The van der Waals surface area contributed by atoms with Crippen molar-refractivity contribution < 1.29 is 18.8 Å². The quantitative estimate of drug-likeness (QED) is 0.676. The Morgan fingerprint density at radius 1 is 1.21 bits per heavy atom. The molecule has 0 aliphatic heterocycles. The van der Waals surface area contributed by atoms with Gasteiger partial charge < -0.3 is 14.6 Å². The molecule has 3 rings (SSSR count). The Hall–Kier alpha value is -2.15. The number of hydrogen-bond acceptors (Lipinski definition) is 6. The molecule has 0 saturated heterocycles. The van der Waals surface area contributed by atoms with Crippen molar-refractivity contribution in [1.29, 1.82) is 0 Å². The number of nitrogens with zero attached hydrogens (tertiary/aromatic N) is 1. The van der Waals surface area contributed by atoms with E-state index in [2.05, 4.69) is 10.5 Å². The fourth-order valence-corrected chi connectivity index (χ4v) is 4.21. The number of amides is 1. The molecular weight excluding hydrogens is 328 g/mol. The first-order valence-corrected chi connectivity index (χ1v) is 8.81. The van der Waals surface area contributed by atoms with Gasteiger partial charge in [0.25, 0.3) is 5.91 Å². The van der Waals surface area contributed by atoms with E-state index in [1.165, 1.54) is 18.4 Å². The van der Waals surface area contributed by atoms with Crippen molar-refractivity contribution in [3.63, 3.8) is 0 Å². The van der Waals surface area contributed by atoms with Crippen LogP contribution in [-0.2, 0) is 17.6 Å². The average molecular weight is 348 g/mol. The number of anilines is 1. The van der Waals surface area contributed by atoms with Gasteiger partial charge in [-0.25, -0.2) is 4.79 Å². The van der Waals surface area contributed by atoms with Gasteiger partial charge in [-0.1, -0.05) is 11.6 Å². The van der Waals surface area contributed by atoms with E-state index in [4.69, 9.17) is 9.26 Å². The highest BCUT2D eigenvalue weighted by molar-refractivity contribution is 7.17. The van der Waals surface area contributed by atoms with Gasteiger partial charge in [0.15, 0.2) is 5.69 Å². The molecule has 2 heterocycles. The second-order valence-electron chi connectivity index (χ2n) is 5.93. The van der Waals surface area contributed by atoms with Crippen LogP contribution in [0.3, 0.4) is 0 Å². The van der Waals surface area contributed by atoms with Gasteiger partial charge in [0.1, 0.15) is 10.8 Å². The maximum atomic E-state index is 12.5. The Bertz CT molecular complexity index is 791. The molecule has 24 heavy (non-hydrogen) atoms. The number of aromatic nitrogens is 1. The molecule has 7 heteroatoms. The lowest BCUT2D eigenvalue weighted by Crippen LogP contribution is -2.16. The summed E-state index contributed by atoms with van der Waals surface area (Å²) in [6.07, 6.45) is 5.07. The highest BCUT2D eigenvalue weighted by atomic mass is 32.1. The summed E-state index contributed by atoms with van der Waals surface area (Å²) in [5, 5.41) is 7.18. The van der Waals surface area contributed by atoms with Crippen LogP contribution in [0.25, 0.3) is 0 Å². The Morgan fingerprint density at radius 2 is 1.96 bits per heavy atom. The Morgan fingerprint density at radius 3 is 2.62 bits per heavy atom. The van der Waals surface area contributed by atoms with E-state index in [9.17, 15) is 9.59 Å². The molecular formula is C17H20N2O4S. The third-order valence-electron chi connectivity index (χ3n) is 4.41. The zero-order chi connectivity index (χ0) is 17.3. The van der Waals surface area contributed by atoms with Crippen LogP contribution in [0, 0.1) is 13.8 Å². The second kappa shape index (κ2) is 6.76. The first-order valence-electron chi connectivity index (χ1n) is 8.00. The molecule has 0 radical (unpaired) electrons. The molecule has 1 aliphatic carbocycles. The normalized spacial score (nSPS) is 14.0. The van der Waals surface area contributed by atoms with Gasteiger partial charge in [-0.2, -0.15) is 0 Å². The number of rotatable bonds is 3. The minimum atomic E-state index is -0.405. The van der Waals surface area contributed by atoms with Crippen LogP contribution in [0.5, 0.6) is 0 Å². The molecule has 1 N–H and O–H groups in total. The molecule has 0 aromatic carbocycles. The van der Waals surface area contributed by atoms with E-state index in [-0.39, 0.29) is 11.6 Å². The van der Waals surface area contributed by atoms with Gasteiger partial charge in [-0.15, -0.1) is 11.3 Å². The number of hydrogen-bond donors (Lipinski definition) is 1. The minimum Gasteiger partial charge on any atom is -0.465 e. The van der Waals surface area contributed by atoms with Gasteiger partial charge in [0.2, 0.25) is 0 Å². The van der Waals surface area contributed by atoms with Crippen molar-refractivity contribution >= 4 is 28.2 Å². The van der Waals surface area contributed by atoms with Crippen LogP contribution in [0.2, 0.25) is 0 Å². The SMILES string of the molecule is COC(=O)c1c(NC(=O)c2noc(C)c2C)sc2c1CCCCC2. The number of methoxy groups -OCH3 is 1. The fourth-order valence-electron chi connectivity index (χ4n) is 2.94. The van der Waals surface area contributed by atoms with Crippen molar-refractivity contribution in [3.8, 4) is 0 Å². The summed E-state index contributed by atoms with van der Waals surface area (Å²) >= 11 is 1.46. The Labute approximate surface area is 144 Å². The number of thiophene rings is 1. The van der Waals surface area contributed by atoms with Crippen LogP contribution >= 0.6 is 11.3 Å². The smallest absolute Gasteiger partial charge is 0.341 e. The third-order valence-corrected chi connectivity index (χ3v) is 5.62. The summed E-state index contributed by atoms with van der Waals surface area (Å²) in [7, 11) is 1.36. The maximum Gasteiger partial charge on any atom is 0.341 e. The monoisotopic (exact) mass is 348 g/mol. The number of ether oxygens (including phenoxy) is 1. The number of esters is 1. The maximum absolute atomic E-state index is 12.5. The first-order chi connectivity index (χ1) is 11.5. The van der Waals surface area contributed by atoms with Crippen LogP contribution in [-0.4, -0.2) is 24.1 Å². The fraction of sp³-hybridized carbons (Fsp3) is 0.471. The van der Waals surface area contributed by atoms with E-state index in [0.717, 1.165) is 42.5 Å². The zero-order valence-electron chi connectivity index (χ0n) is 14.0. The van der Waals surface area contributed by atoms with Crippen molar-refractivity contribution in [2.24, 2.45) is 0 Å². The van der Waals surface area contributed by atoms with Gasteiger partial charge >= 0.3 is 5.97 Å². The second-order valence-corrected chi connectivity index (χ2v) is 7.03. The lowest BCUT2D eigenvalue weighted by Gasteiger charge is -2.06. The number of carbonyl (C=O) groups is 2. The summed E-state index contributed by atoms with van der Waals surface area (Å²) in [4.78, 5) is 25.9.